The van der Waals surface area contributed by atoms with Gasteiger partial charge in [0.1, 0.15) is 6.54 Å². The van der Waals surface area contributed by atoms with Crippen molar-refractivity contribution in [3.8, 4) is 0 Å². The second-order valence-corrected chi connectivity index (χ2v) is 7.05. The molecule has 2 aromatic rings. The predicted molar refractivity (Wildman–Crippen MR) is 105 cm³/mol. The monoisotopic (exact) mass is 370 g/mol. The maximum atomic E-state index is 13.4. The number of amides is 2. The fourth-order valence-corrected chi connectivity index (χ4v) is 3.83. The summed E-state index contributed by atoms with van der Waals surface area (Å²) >= 11 is 6.23. The van der Waals surface area contributed by atoms with Crippen molar-refractivity contribution < 1.29 is 9.59 Å². The molecule has 0 fully saturated rings. The molecule has 0 saturated carbocycles. The largest absolute Gasteiger partial charge is 0.342 e. The van der Waals surface area contributed by atoms with E-state index in [4.69, 9.17) is 11.6 Å². The summed E-state index contributed by atoms with van der Waals surface area (Å²) in [5.41, 5.74) is 1.64. The van der Waals surface area contributed by atoms with Gasteiger partial charge in [0.2, 0.25) is 11.8 Å². The standard InChI is InChI=1S/C21H23ClN2O2/c1-4-23(5-2)19(25)14-24-18-12-11-16(22)13-17(18)21(3,20(24)26)15-9-7-6-8-10-15/h6-13H,4-5,14H2,1-3H3. The number of nitrogens with zero attached hydrogens (tertiary/aromatic N) is 2. The average Bonchev–Trinajstić information content (AvgIpc) is 2.86. The Kier molecular flexibility index (Phi) is 5.05. The topological polar surface area (TPSA) is 40.6 Å². The molecule has 26 heavy (non-hydrogen) atoms. The molecule has 0 saturated heterocycles. The molecule has 2 aromatic carbocycles. The summed E-state index contributed by atoms with van der Waals surface area (Å²) in [6.45, 7) is 7.07. The van der Waals surface area contributed by atoms with Crippen molar-refractivity contribution >= 4 is 29.1 Å². The molecule has 0 aliphatic carbocycles. The second kappa shape index (κ2) is 7.12. The van der Waals surface area contributed by atoms with Gasteiger partial charge in [-0.15, -0.1) is 0 Å². The minimum absolute atomic E-state index is 0.0393. The van der Waals surface area contributed by atoms with E-state index in [1.807, 2.05) is 63.2 Å². The van der Waals surface area contributed by atoms with E-state index >= 15 is 0 Å². The van der Waals surface area contributed by atoms with Gasteiger partial charge in [0.25, 0.3) is 0 Å². The summed E-state index contributed by atoms with van der Waals surface area (Å²) < 4.78 is 0. The molecule has 0 bridgehead atoms. The number of rotatable bonds is 5. The Labute approximate surface area is 159 Å². The number of hydrogen-bond acceptors (Lipinski definition) is 2. The first kappa shape index (κ1) is 18.5. The number of carbonyl (C=O) groups excluding carboxylic acids is 2. The Morgan fingerprint density at radius 2 is 1.77 bits per heavy atom. The molecule has 0 aromatic heterocycles. The zero-order valence-electron chi connectivity index (χ0n) is 15.3. The lowest BCUT2D eigenvalue weighted by atomic mass is 9.77. The quantitative estimate of drug-likeness (QED) is 0.801. The third kappa shape index (κ3) is 2.88. The average molecular weight is 371 g/mol. The number of likely N-dealkylation sites (N-methyl/N-ethyl adjacent to an activating group) is 1. The molecule has 2 amide bonds. The fourth-order valence-electron chi connectivity index (χ4n) is 3.66. The Morgan fingerprint density at radius 3 is 2.38 bits per heavy atom. The van der Waals surface area contributed by atoms with Crippen molar-refractivity contribution in [1.29, 1.82) is 0 Å². The van der Waals surface area contributed by atoms with Crippen LogP contribution in [-0.4, -0.2) is 36.3 Å². The summed E-state index contributed by atoms with van der Waals surface area (Å²) in [6, 6.07) is 15.1. The zero-order valence-corrected chi connectivity index (χ0v) is 16.1. The van der Waals surface area contributed by atoms with Crippen molar-refractivity contribution in [1.82, 2.24) is 4.90 Å². The lowest BCUT2D eigenvalue weighted by Gasteiger charge is -2.26. The first-order valence-electron chi connectivity index (χ1n) is 8.88. The van der Waals surface area contributed by atoms with Gasteiger partial charge in [-0.2, -0.15) is 0 Å². The third-order valence-corrected chi connectivity index (χ3v) is 5.46. The number of halogens is 1. The minimum atomic E-state index is -0.856. The molecule has 1 aliphatic rings. The van der Waals surface area contributed by atoms with Gasteiger partial charge in [0.05, 0.1) is 5.41 Å². The normalized spacial score (nSPS) is 18.8. The highest BCUT2D eigenvalue weighted by Crippen LogP contribution is 2.46. The van der Waals surface area contributed by atoms with Gasteiger partial charge in [-0.1, -0.05) is 41.9 Å². The lowest BCUT2D eigenvalue weighted by molar-refractivity contribution is -0.131. The molecule has 1 heterocycles. The predicted octanol–water partition coefficient (Wildman–Crippen LogP) is 3.86. The maximum absolute atomic E-state index is 13.4. The van der Waals surface area contributed by atoms with Crippen molar-refractivity contribution in [3.05, 3.63) is 64.7 Å². The molecular weight excluding hydrogens is 348 g/mol. The van der Waals surface area contributed by atoms with Crippen LogP contribution in [0.2, 0.25) is 5.02 Å². The van der Waals surface area contributed by atoms with Gasteiger partial charge in [-0.05, 0) is 50.1 Å². The first-order valence-corrected chi connectivity index (χ1v) is 9.26. The number of anilines is 1. The summed E-state index contributed by atoms with van der Waals surface area (Å²) in [7, 11) is 0. The maximum Gasteiger partial charge on any atom is 0.242 e. The SMILES string of the molecule is CCN(CC)C(=O)CN1C(=O)C(C)(c2ccccc2)c2cc(Cl)ccc21. The van der Waals surface area contributed by atoms with Crippen LogP contribution < -0.4 is 4.90 Å². The van der Waals surface area contributed by atoms with Crippen molar-refractivity contribution in [2.45, 2.75) is 26.2 Å². The lowest BCUT2D eigenvalue weighted by Crippen LogP contribution is -2.45. The molecule has 4 nitrogen and oxygen atoms in total. The van der Waals surface area contributed by atoms with Crippen molar-refractivity contribution in [3.63, 3.8) is 0 Å². The van der Waals surface area contributed by atoms with Crippen LogP contribution in [0.3, 0.4) is 0 Å². The van der Waals surface area contributed by atoms with Crippen LogP contribution in [0.15, 0.2) is 48.5 Å². The van der Waals surface area contributed by atoms with E-state index in [1.165, 1.54) is 0 Å². The van der Waals surface area contributed by atoms with Crippen LogP contribution in [0.1, 0.15) is 31.9 Å². The highest BCUT2D eigenvalue weighted by atomic mass is 35.5. The number of hydrogen-bond donors (Lipinski definition) is 0. The van der Waals surface area contributed by atoms with Gasteiger partial charge in [-0.3, -0.25) is 9.59 Å². The van der Waals surface area contributed by atoms with E-state index in [9.17, 15) is 9.59 Å². The van der Waals surface area contributed by atoms with Gasteiger partial charge in [0.15, 0.2) is 0 Å². The molecule has 0 N–H and O–H groups in total. The summed E-state index contributed by atoms with van der Waals surface area (Å²) in [5.74, 6) is -0.150. The molecule has 1 unspecified atom stereocenters. The summed E-state index contributed by atoms with van der Waals surface area (Å²) in [4.78, 5) is 29.4. The Balaban J connectivity index is 2.07. The zero-order chi connectivity index (χ0) is 18.9. The molecule has 5 heteroatoms. The molecule has 0 spiro atoms. The molecule has 1 atom stereocenters. The highest BCUT2D eigenvalue weighted by molar-refractivity contribution is 6.31. The van der Waals surface area contributed by atoms with Crippen molar-refractivity contribution in [2.24, 2.45) is 0 Å². The molecular formula is C21H23ClN2O2. The number of fused-ring (bicyclic) bond motifs is 1. The molecule has 1 aliphatic heterocycles. The van der Waals surface area contributed by atoms with Gasteiger partial charge in [-0.25, -0.2) is 0 Å². The Hall–Kier alpha value is -2.33. The molecule has 3 rings (SSSR count). The Morgan fingerprint density at radius 1 is 1.12 bits per heavy atom. The third-order valence-electron chi connectivity index (χ3n) is 5.22. The van der Waals surface area contributed by atoms with Crippen LogP contribution in [0.25, 0.3) is 0 Å². The van der Waals surface area contributed by atoms with E-state index in [0.717, 1.165) is 16.8 Å². The van der Waals surface area contributed by atoms with Crippen LogP contribution in [0.5, 0.6) is 0 Å². The van der Waals surface area contributed by atoms with E-state index in [0.29, 0.717) is 18.1 Å². The van der Waals surface area contributed by atoms with E-state index < -0.39 is 5.41 Å². The smallest absolute Gasteiger partial charge is 0.242 e. The van der Waals surface area contributed by atoms with Gasteiger partial charge < -0.3 is 9.80 Å². The molecule has 136 valence electrons. The minimum Gasteiger partial charge on any atom is -0.342 e. The van der Waals surface area contributed by atoms with Gasteiger partial charge in [0, 0.05) is 23.8 Å². The first-order chi connectivity index (χ1) is 12.4. The van der Waals surface area contributed by atoms with Crippen LogP contribution in [0, 0.1) is 0 Å². The van der Waals surface area contributed by atoms with Crippen LogP contribution >= 0.6 is 11.6 Å². The van der Waals surface area contributed by atoms with Crippen LogP contribution in [0.4, 0.5) is 5.69 Å². The van der Waals surface area contributed by atoms with Gasteiger partial charge >= 0.3 is 0 Å². The summed E-state index contributed by atoms with van der Waals surface area (Å²) in [6.07, 6.45) is 0. The number of benzene rings is 2. The summed E-state index contributed by atoms with van der Waals surface area (Å²) in [5, 5.41) is 0.579. The van der Waals surface area contributed by atoms with E-state index in [2.05, 4.69) is 0 Å². The molecule has 0 radical (unpaired) electrons. The fraction of sp³-hybridized carbons (Fsp3) is 0.333. The second-order valence-electron chi connectivity index (χ2n) is 6.61. The van der Waals surface area contributed by atoms with Crippen LogP contribution in [-0.2, 0) is 15.0 Å². The number of carbonyl (C=O) groups is 2. The van der Waals surface area contributed by atoms with E-state index in [-0.39, 0.29) is 18.4 Å². The van der Waals surface area contributed by atoms with Crippen molar-refractivity contribution in [2.75, 3.05) is 24.5 Å². The van der Waals surface area contributed by atoms with E-state index in [1.54, 1.807) is 15.9 Å². The highest BCUT2D eigenvalue weighted by Gasteiger charge is 2.49. The Bertz CT molecular complexity index is 833.